The number of rotatable bonds is 5. The first-order valence-corrected chi connectivity index (χ1v) is 7.34. The topological polar surface area (TPSA) is 122 Å². The van der Waals surface area contributed by atoms with Crippen molar-refractivity contribution in [2.45, 2.75) is 31.1 Å². The molecule has 6 N–H and O–H groups in total. The van der Waals surface area contributed by atoms with E-state index >= 15 is 0 Å². The maximum Gasteiger partial charge on any atom is 0.325 e. The molecule has 17 heavy (non-hydrogen) atoms. The van der Waals surface area contributed by atoms with Gasteiger partial charge in [-0.15, -0.1) is 11.6 Å². The van der Waals surface area contributed by atoms with Gasteiger partial charge in [0.25, 0.3) is 0 Å². The highest BCUT2D eigenvalue weighted by molar-refractivity contribution is 7.51. The summed E-state index contributed by atoms with van der Waals surface area (Å²) in [6.45, 7) is 0. The average molecular weight is 287 g/mol. The van der Waals surface area contributed by atoms with Crippen LogP contribution in [0.5, 0.6) is 0 Å². The van der Waals surface area contributed by atoms with Gasteiger partial charge in [-0.2, -0.15) is 0 Å². The van der Waals surface area contributed by atoms with Gasteiger partial charge >= 0.3 is 7.60 Å². The molecule has 0 aliphatic carbocycles. The molecule has 0 saturated carbocycles. The molecule has 0 fully saturated rings. The van der Waals surface area contributed by atoms with Gasteiger partial charge in [0, 0.05) is 11.7 Å². The predicted molar refractivity (Wildman–Crippen MR) is 62.3 cm³/mol. The number of halogens is 1. The normalized spacial score (nSPS) is 25.9. The lowest BCUT2D eigenvalue weighted by molar-refractivity contribution is 0.0811. The molecule has 0 bridgehead atoms. The summed E-state index contributed by atoms with van der Waals surface area (Å²) in [5.74, 6) is -0.188. The van der Waals surface area contributed by atoms with Gasteiger partial charge in [0.15, 0.2) is 12.2 Å². The van der Waals surface area contributed by atoms with Crippen LogP contribution in [0.1, 0.15) is 19.3 Å². The second kappa shape index (κ2) is 6.04. The standard InChI is InChI=1S/C8H16ClN2O5P/c9-6-5(7(12)11-8(13)10-6)3-1-2-4-17(14,15)16/h6,8,10-13H,1-4H2,(H2,14,15,16). The molecule has 0 saturated heterocycles. The van der Waals surface area contributed by atoms with Crippen molar-refractivity contribution < 1.29 is 24.6 Å². The Morgan fingerprint density at radius 2 is 2.00 bits per heavy atom. The zero-order valence-corrected chi connectivity index (χ0v) is 10.7. The maximum atomic E-state index is 10.6. The molecule has 100 valence electrons. The number of hydrogen-bond acceptors (Lipinski definition) is 5. The van der Waals surface area contributed by atoms with Gasteiger partial charge in [0.2, 0.25) is 0 Å². The van der Waals surface area contributed by atoms with Gasteiger partial charge in [-0.05, 0) is 19.3 Å². The smallest absolute Gasteiger partial charge is 0.325 e. The second-order valence-electron chi connectivity index (χ2n) is 3.80. The van der Waals surface area contributed by atoms with E-state index in [0.717, 1.165) is 0 Å². The lowest BCUT2D eigenvalue weighted by Crippen LogP contribution is -2.50. The van der Waals surface area contributed by atoms with E-state index in [0.29, 0.717) is 24.8 Å². The zero-order valence-electron chi connectivity index (χ0n) is 9.01. The first kappa shape index (κ1) is 14.8. The average Bonchev–Trinajstić information content (AvgIpc) is 2.13. The lowest BCUT2D eigenvalue weighted by Gasteiger charge is -2.28. The Hall–Kier alpha value is -0.300. The van der Waals surface area contributed by atoms with Crippen LogP contribution in [0.15, 0.2) is 11.5 Å². The maximum absolute atomic E-state index is 10.6. The summed E-state index contributed by atoms with van der Waals surface area (Å²) >= 11 is 5.86. The predicted octanol–water partition coefficient (Wildman–Crippen LogP) is 0.138. The van der Waals surface area contributed by atoms with Crippen molar-refractivity contribution in [2.75, 3.05) is 6.16 Å². The molecule has 7 nitrogen and oxygen atoms in total. The summed E-state index contributed by atoms with van der Waals surface area (Å²) in [5, 5.41) is 23.6. The van der Waals surface area contributed by atoms with Gasteiger partial charge < -0.3 is 25.3 Å². The van der Waals surface area contributed by atoms with Crippen LogP contribution in [0.2, 0.25) is 0 Å². The fourth-order valence-corrected chi connectivity index (χ4v) is 2.47. The Morgan fingerprint density at radius 1 is 1.35 bits per heavy atom. The van der Waals surface area contributed by atoms with E-state index in [9.17, 15) is 9.67 Å². The molecule has 0 aromatic carbocycles. The van der Waals surface area contributed by atoms with Crippen LogP contribution < -0.4 is 10.6 Å². The van der Waals surface area contributed by atoms with Crippen molar-refractivity contribution in [3.8, 4) is 0 Å². The third kappa shape index (κ3) is 5.25. The molecule has 1 aliphatic rings. The van der Waals surface area contributed by atoms with Crippen LogP contribution in [0.25, 0.3) is 0 Å². The van der Waals surface area contributed by atoms with Gasteiger partial charge in [0.05, 0.1) is 0 Å². The summed E-state index contributed by atoms with van der Waals surface area (Å²) in [7, 11) is -3.96. The third-order valence-corrected chi connectivity index (χ3v) is 3.62. The van der Waals surface area contributed by atoms with E-state index in [4.69, 9.17) is 26.5 Å². The van der Waals surface area contributed by atoms with Gasteiger partial charge in [-0.3, -0.25) is 9.88 Å². The summed E-state index contributed by atoms with van der Waals surface area (Å²) < 4.78 is 10.6. The summed E-state index contributed by atoms with van der Waals surface area (Å²) in [6, 6.07) is 0. The van der Waals surface area contributed by atoms with Crippen LogP contribution in [-0.4, -0.2) is 38.0 Å². The van der Waals surface area contributed by atoms with Crippen molar-refractivity contribution in [1.29, 1.82) is 0 Å². The molecule has 1 rings (SSSR count). The highest BCUT2D eigenvalue weighted by Crippen LogP contribution is 2.35. The molecular formula is C8H16ClN2O5P. The van der Waals surface area contributed by atoms with Crippen molar-refractivity contribution in [3.63, 3.8) is 0 Å². The van der Waals surface area contributed by atoms with Crippen LogP contribution >= 0.6 is 19.2 Å². The molecule has 2 atom stereocenters. The highest BCUT2D eigenvalue weighted by atomic mass is 35.5. The lowest BCUT2D eigenvalue weighted by atomic mass is 10.1. The van der Waals surface area contributed by atoms with E-state index in [-0.39, 0.29) is 12.0 Å². The molecule has 1 heterocycles. The monoisotopic (exact) mass is 286 g/mol. The van der Waals surface area contributed by atoms with Gasteiger partial charge in [-0.1, -0.05) is 0 Å². The highest BCUT2D eigenvalue weighted by Gasteiger charge is 2.25. The van der Waals surface area contributed by atoms with E-state index in [2.05, 4.69) is 10.6 Å². The third-order valence-electron chi connectivity index (χ3n) is 2.33. The minimum Gasteiger partial charge on any atom is -0.495 e. The van der Waals surface area contributed by atoms with Gasteiger partial charge in [-0.25, -0.2) is 0 Å². The summed E-state index contributed by atoms with van der Waals surface area (Å²) in [6.07, 6.45) is -0.0544. The summed E-state index contributed by atoms with van der Waals surface area (Å²) in [4.78, 5) is 17.3. The fourth-order valence-electron chi connectivity index (χ4n) is 1.50. The van der Waals surface area contributed by atoms with Crippen molar-refractivity contribution in [2.24, 2.45) is 0 Å². The van der Waals surface area contributed by atoms with E-state index in [1.807, 2.05) is 0 Å². The summed E-state index contributed by atoms with van der Waals surface area (Å²) in [5.41, 5.74) is -0.219. The quantitative estimate of drug-likeness (QED) is 0.184. The Kier molecular flexibility index (Phi) is 5.24. The van der Waals surface area contributed by atoms with Crippen LogP contribution in [0.3, 0.4) is 0 Å². The zero-order chi connectivity index (χ0) is 13.1. The van der Waals surface area contributed by atoms with Crippen molar-refractivity contribution >= 4 is 19.2 Å². The molecular weight excluding hydrogens is 271 g/mol. The molecule has 9 heteroatoms. The fraction of sp³-hybridized carbons (Fsp3) is 0.750. The van der Waals surface area contributed by atoms with E-state index in [1.54, 1.807) is 0 Å². The SMILES string of the molecule is O=P(O)(O)CCCCC1=C(O)NC(O)NC1Cl. The Morgan fingerprint density at radius 3 is 2.53 bits per heavy atom. The minimum absolute atomic E-state index is 0.183. The molecule has 1 aliphatic heterocycles. The first-order chi connectivity index (χ1) is 7.79. The van der Waals surface area contributed by atoms with Crippen LogP contribution in [0.4, 0.5) is 0 Å². The first-order valence-electron chi connectivity index (χ1n) is 5.11. The molecule has 0 spiro atoms. The largest absolute Gasteiger partial charge is 0.495 e. The Labute approximate surface area is 104 Å². The van der Waals surface area contributed by atoms with Crippen LogP contribution in [-0.2, 0) is 4.57 Å². The van der Waals surface area contributed by atoms with Crippen molar-refractivity contribution in [1.82, 2.24) is 10.6 Å². The molecule has 0 amide bonds. The molecule has 0 radical (unpaired) electrons. The number of aliphatic hydroxyl groups excluding tert-OH is 2. The number of aliphatic hydroxyl groups is 2. The second-order valence-corrected chi connectivity index (χ2v) is 6.01. The van der Waals surface area contributed by atoms with Crippen LogP contribution in [0, 0.1) is 0 Å². The van der Waals surface area contributed by atoms with E-state index in [1.165, 1.54) is 0 Å². The Balaban J connectivity index is 2.40. The molecule has 2 unspecified atom stereocenters. The van der Waals surface area contributed by atoms with E-state index < -0.39 is 19.4 Å². The molecule has 0 aromatic heterocycles. The number of unbranched alkanes of at least 4 members (excludes halogenated alkanes) is 1. The minimum atomic E-state index is -3.96. The van der Waals surface area contributed by atoms with Crippen molar-refractivity contribution in [3.05, 3.63) is 11.5 Å². The number of alkyl halides is 1. The number of hydrogen-bond donors (Lipinski definition) is 6. The van der Waals surface area contributed by atoms with Gasteiger partial charge in [0.1, 0.15) is 5.50 Å². The Bertz CT molecular complexity index is 345. The molecule has 0 aromatic rings. The number of nitrogens with one attached hydrogen (secondary N) is 2.